The summed E-state index contributed by atoms with van der Waals surface area (Å²) >= 11 is 0. The van der Waals surface area contributed by atoms with Gasteiger partial charge in [0.1, 0.15) is 0 Å². The molecule has 12 heavy (non-hydrogen) atoms. The molecule has 2 unspecified atom stereocenters. The van der Waals surface area contributed by atoms with E-state index < -0.39 is 0 Å². The number of nitrogens with zero attached hydrogens (tertiary/aromatic N) is 2. The van der Waals surface area contributed by atoms with E-state index in [4.69, 9.17) is 0 Å². The lowest BCUT2D eigenvalue weighted by molar-refractivity contribution is 0.0486. The van der Waals surface area contributed by atoms with Crippen molar-refractivity contribution in [3.05, 3.63) is 0 Å². The molecule has 1 aliphatic heterocycles. The van der Waals surface area contributed by atoms with Crippen LogP contribution in [0.25, 0.3) is 0 Å². The third kappa shape index (κ3) is 1.38. The molecule has 0 bridgehead atoms. The van der Waals surface area contributed by atoms with Gasteiger partial charge in [-0.3, -0.25) is 0 Å². The number of hydrazine groups is 1. The lowest BCUT2D eigenvalue weighted by atomic mass is 9.97. The second-order valence-electron chi connectivity index (χ2n) is 4.38. The molecule has 70 valence electrons. The largest absolute Gasteiger partial charge is 0.245 e. The topological polar surface area (TPSA) is 6.48 Å². The van der Waals surface area contributed by atoms with Gasteiger partial charge in [0.05, 0.1) is 0 Å². The van der Waals surface area contributed by atoms with Crippen LogP contribution in [0, 0.1) is 5.92 Å². The van der Waals surface area contributed by atoms with Crippen molar-refractivity contribution in [3.8, 4) is 0 Å². The molecule has 2 rings (SSSR count). The minimum absolute atomic E-state index is 0.859. The molecule has 2 atom stereocenters. The third-order valence-electron chi connectivity index (χ3n) is 3.64. The second-order valence-corrected chi connectivity index (χ2v) is 4.38. The first kappa shape index (κ1) is 8.52. The number of fused-ring (bicyclic) bond motifs is 1. The van der Waals surface area contributed by atoms with Crippen LogP contribution in [-0.4, -0.2) is 36.7 Å². The minimum atomic E-state index is 0.859. The fourth-order valence-corrected chi connectivity index (χ4v) is 2.79. The van der Waals surface area contributed by atoms with E-state index in [1.54, 1.807) is 0 Å². The average molecular weight is 168 g/mol. The summed E-state index contributed by atoms with van der Waals surface area (Å²) < 4.78 is 0. The van der Waals surface area contributed by atoms with Crippen molar-refractivity contribution < 1.29 is 0 Å². The van der Waals surface area contributed by atoms with Gasteiger partial charge in [0, 0.05) is 26.7 Å². The van der Waals surface area contributed by atoms with Crippen molar-refractivity contribution in [1.82, 2.24) is 10.0 Å². The Morgan fingerprint density at radius 3 is 2.58 bits per heavy atom. The van der Waals surface area contributed by atoms with Gasteiger partial charge in [-0.05, 0) is 18.8 Å². The normalized spacial score (nSPS) is 39.5. The smallest absolute Gasteiger partial charge is 0.0283 e. The van der Waals surface area contributed by atoms with E-state index in [9.17, 15) is 0 Å². The maximum atomic E-state index is 2.45. The Labute approximate surface area is 75.5 Å². The molecule has 1 heterocycles. The van der Waals surface area contributed by atoms with E-state index in [0.29, 0.717) is 0 Å². The Morgan fingerprint density at radius 1 is 1.00 bits per heavy atom. The summed E-state index contributed by atoms with van der Waals surface area (Å²) in [5.41, 5.74) is 0. The Morgan fingerprint density at radius 2 is 1.75 bits per heavy atom. The molecular formula is C10H20N2. The molecular weight excluding hydrogens is 148 g/mol. The fraction of sp³-hybridized carbons (Fsp3) is 1.00. The average Bonchev–Trinajstić information content (AvgIpc) is 2.30. The highest BCUT2D eigenvalue weighted by Crippen LogP contribution is 2.32. The molecule has 0 spiro atoms. The zero-order valence-corrected chi connectivity index (χ0v) is 8.29. The quantitative estimate of drug-likeness (QED) is 0.543. The third-order valence-corrected chi connectivity index (χ3v) is 3.64. The van der Waals surface area contributed by atoms with Gasteiger partial charge >= 0.3 is 0 Å². The van der Waals surface area contributed by atoms with E-state index in [-0.39, 0.29) is 0 Å². The fourth-order valence-electron chi connectivity index (χ4n) is 2.79. The van der Waals surface area contributed by atoms with Crippen LogP contribution < -0.4 is 0 Å². The van der Waals surface area contributed by atoms with Crippen molar-refractivity contribution >= 4 is 0 Å². The zero-order valence-electron chi connectivity index (χ0n) is 8.29. The van der Waals surface area contributed by atoms with Crippen LogP contribution in [0.3, 0.4) is 0 Å². The molecule has 0 amide bonds. The van der Waals surface area contributed by atoms with Gasteiger partial charge < -0.3 is 0 Å². The molecule has 0 aromatic heterocycles. The van der Waals surface area contributed by atoms with Gasteiger partial charge in [0.25, 0.3) is 0 Å². The summed E-state index contributed by atoms with van der Waals surface area (Å²) in [6.45, 7) is 1.29. The molecule has 0 aromatic rings. The maximum Gasteiger partial charge on any atom is 0.0283 e. The molecule has 0 radical (unpaired) electrons. The lowest BCUT2D eigenvalue weighted by Gasteiger charge is -2.25. The molecule has 0 N–H and O–H groups in total. The molecule has 2 aliphatic rings. The zero-order chi connectivity index (χ0) is 8.55. The van der Waals surface area contributed by atoms with Crippen LogP contribution in [0.5, 0.6) is 0 Å². The SMILES string of the molecule is CN1CC2CCCCCC2N1C. The predicted molar refractivity (Wildman–Crippen MR) is 50.8 cm³/mol. The minimum Gasteiger partial charge on any atom is -0.245 e. The van der Waals surface area contributed by atoms with Crippen molar-refractivity contribution in [2.24, 2.45) is 5.92 Å². The second kappa shape index (κ2) is 3.35. The van der Waals surface area contributed by atoms with Gasteiger partial charge in [0.15, 0.2) is 0 Å². The van der Waals surface area contributed by atoms with Crippen LogP contribution in [0.1, 0.15) is 32.1 Å². The van der Waals surface area contributed by atoms with Crippen molar-refractivity contribution in [2.75, 3.05) is 20.6 Å². The maximum absolute atomic E-state index is 2.45. The van der Waals surface area contributed by atoms with Crippen molar-refractivity contribution in [1.29, 1.82) is 0 Å². The summed E-state index contributed by atoms with van der Waals surface area (Å²) in [6.07, 6.45) is 7.25. The van der Waals surface area contributed by atoms with E-state index in [2.05, 4.69) is 24.1 Å². The number of rotatable bonds is 0. The first-order valence-electron chi connectivity index (χ1n) is 5.23. The van der Waals surface area contributed by atoms with E-state index in [1.165, 1.54) is 38.6 Å². The molecule has 2 nitrogen and oxygen atoms in total. The van der Waals surface area contributed by atoms with Crippen LogP contribution in [-0.2, 0) is 0 Å². The Hall–Kier alpha value is -0.0800. The van der Waals surface area contributed by atoms with Gasteiger partial charge in [-0.25, -0.2) is 10.0 Å². The number of hydrogen-bond acceptors (Lipinski definition) is 2. The van der Waals surface area contributed by atoms with Gasteiger partial charge in [-0.15, -0.1) is 0 Å². The summed E-state index contributed by atoms with van der Waals surface area (Å²) in [4.78, 5) is 0. The standard InChI is InChI=1S/C10H20N2/c1-11-8-9-6-4-3-5-7-10(9)12(11)2/h9-10H,3-8H2,1-2H3. The summed E-state index contributed by atoms with van der Waals surface area (Å²) in [6, 6.07) is 0.859. The number of hydrogen-bond donors (Lipinski definition) is 0. The summed E-state index contributed by atoms with van der Waals surface area (Å²) in [5.74, 6) is 0.961. The Bertz CT molecular complexity index is 158. The van der Waals surface area contributed by atoms with E-state index >= 15 is 0 Å². The van der Waals surface area contributed by atoms with Crippen LogP contribution in [0.4, 0.5) is 0 Å². The Balaban J connectivity index is 2.04. The van der Waals surface area contributed by atoms with Crippen LogP contribution in [0.2, 0.25) is 0 Å². The van der Waals surface area contributed by atoms with E-state index in [0.717, 1.165) is 12.0 Å². The highest BCUT2D eigenvalue weighted by molar-refractivity contribution is 4.85. The summed E-state index contributed by atoms with van der Waals surface area (Å²) in [7, 11) is 4.46. The molecule has 0 aromatic carbocycles. The van der Waals surface area contributed by atoms with Gasteiger partial charge in [-0.1, -0.05) is 19.3 Å². The van der Waals surface area contributed by atoms with Crippen LogP contribution in [0.15, 0.2) is 0 Å². The Kier molecular flexibility index (Phi) is 2.37. The van der Waals surface area contributed by atoms with Crippen molar-refractivity contribution in [3.63, 3.8) is 0 Å². The molecule has 1 saturated carbocycles. The lowest BCUT2D eigenvalue weighted by Crippen LogP contribution is -2.35. The first-order chi connectivity index (χ1) is 5.79. The highest BCUT2D eigenvalue weighted by atomic mass is 15.6. The molecule has 1 aliphatic carbocycles. The van der Waals surface area contributed by atoms with Crippen molar-refractivity contribution in [2.45, 2.75) is 38.1 Å². The van der Waals surface area contributed by atoms with Crippen LogP contribution >= 0.6 is 0 Å². The van der Waals surface area contributed by atoms with E-state index in [1.807, 2.05) is 0 Å². The van der Waals surface area contributed by atoms with Gasteiger partial charge in [0.2, 0.25) is 0 Å². The van der Waals surface area contributed by atoms with Gasteiger partial charge in [-0.2, -0.15) is 0 Å². The summed E-state index contributed by atoms with van der Waals surface area (Å²) in [5, 5.41) is 4.84. The highest BCUT2D eigenvalue weighted by Gasteiger charge is 2.35. The molecule has 1 saturated heterocycles. The monoisotopic (exact) mass is 168 g/mol. The predicted octanol–water partition coefficient (Wildman–Crippen LogP) is 1.73. The molecule has 2 heteroatoms. The molecule has 2 fully saturated rings. The first-order valence-corrected chi connectivity index (χ1v) is 5.23.